The fraction of sp³-hybridized carbons (Fsp3) is 0.667. The van der Waals surface area contributed by atoms with Crippen LogP contribution in [-0.2, 0) is 10.2 Å². The van der Waals surface area contributed by atoms with Crippen LogP contribution >= 0.6 is 15.9 Å². The Labute approximate surface area is 152 Å². The molecule has 2 nitrogen and oxygen atoms in total. The van der Waals surface area contributed by atoms with E-state index in [1.165, 1.54) is 37.7 Å². The van der Waals surface area contributed by atoms with Gasteiger partial charge in [0.25, 0.3) is 0 Å². The maximum Gasteiger partial charge on any atom is 0.226 e. The summed E-state index contributed by atoms with van der Waals surface area (Å²) >= 11 is 4.02. The number of nitrogens with one attached hydrogen (secondary N) is 1. The number of hydrogen-bond acceptors (Lipinski definition) is 1. The SMILES string of the molecule is O=C(NCC1(c2ccccc2)CC1)C12CC3CC(CC(Br)(C3)C1)C2. The van der Waals surface area contributed by atoms with Crippen molar-refractivity contribution in [2.45, 2.75) is 61.1 Å². The summed E-state index contributed by atoms with van der Waals surface area (Å²) in [5.74, 6) is 1.88. The summed E-state index contributed by atoms with van der Waals surface area (Å²) in [5, 5.41) is 3.40. The minimum atomic E-state index is -0.0830. The van der Waals surface area contributed by atoms with Crippen LogP contribution < -0.4 is 5.32 Å². The van der Waals surface area contributed by atoms with Crippen molar-refractivity contribution in [3.63, 3.8) is 0 Å². The van der Waals surface area contributed by atoms with Crippen molar-refractivity contribution in [1.82, 2.24) is 5.32 Å². The van der Waals surface area contributed by atoms with Gasteiger partial charge in [0.2, 0.25) is 5.91 Å². The lowest BCUT2D eigenvalue weighted by Gasteiger charge is -2.59. The van der Waals surface area contributed by atoms with Crippen molar-refractivity contribution in [3.8, 4) is 0 Å². The molecule has 4 bridgehead atoms. The molecular weight excluding hydrogens is 362 g/mol. The summed E-state index contributed by atoms with van der Waals surface area (Å²) in [6.45, 7) is 0.822. The van der Waals surface area contributed by atoms with Crippen LogP contribution in [0.15, 0.2) is 30.3 Å². The molecule has 5 saturated carbocycles. The van der Waals surface area contributed by atoms with Crippen LogP contribution in [0.3, 0.4) is 0 Å². The van der Waals surface area contributed by atoms with E-state index in [1.807, 2.05) is 0 Å². The molecule has 1 amide bonds. The third kappa shape index (κ3) is 2.38. The topological polar surface area (TPSA) is 29.1 Å². The number of carbonyl (C=O) groups is 1. The van der Waals surface area contributed by atoms with Gasteiger partial charge in [-0.25, -0.2) is 0 Å². The maximum atomic E-state index is 13.2. The molecule has 24 heavy (non-hydrogen) atoms. The molecule has 1 aromatic carbocycles. The van der Waals surface area contributed by atoms with Gasteiger partial charge in [-0.1, -0.05) is 46.3 Å². The summed E-state index contributed by atoms with van der Waals surface area (Å²) in [6, 6.07) is 10.7. The molecule has 3 heteroatoms. The van der Waals surface area contributed by atoms with Gasteiger partial charge in [-0.3, -0.25) is 4.79 Å². The Morgan fingerprint density at radius 1 is 1.08 bits per heavy atom. The number of halogens is 1. The molecule has 0 saturated heterocycles. The van der Waals surface area contributed by atoms with Crippen molar-refractivity contribution < 1.29 is 4.79 Å². The zero-order chi connectivity index (χ0) is 16.4. The minimum Gasteiger partial charge on any atom is -0.355 e. The first kappa shape index (κ1) is 15.4. The molecule has 0 aliphatic heterocycles. The van der Waals surface area contributed by atoms with Crippen LogP contribution in [0.1, 0.15) is 56.9 Å². The van der Waals surface area contributed by atoms with Gasteiger partial charge in [0.05, 0.1) is 5.41 Å². The van der Waals surface area contributed by atoms with E-state index >= 15 is 0 Å². The normalized spacial score (nSPS) is 41.2. The fourth-order valence-electron chi connectivity index (χ4n) is 6.36. The van der Waals surface area contributed by atoms with Crippen LogP contribution in [0.4, 0.5) is 0 Å². The zero-order valence-corrected chi connectivity index (χ0v) is 15.8. The molecule has 5 fully saturated rings. The number of amides is 1. The molecular formula is C21H26BrNO. The Bertz CT molecular complexity index is 652. The van der Waals surface area contributed by atoms with Crippen molar-refractivity contribution >= 4 is 21.8 Å². The lowest BCUT2D eigenvalue weighted by atomic mass is 9.49. The predicted octanol–water partition coefficient (Wildman–Crippen LogP) is 4.57. The van der Waals surface area contributed by atoms with Crippen LogP contribution in [0.2, 0.25) is 0 Å². The van der Waals surface area contributed by atoms with E-state index in [1.54, 1.807) is 0 Å². The van der Waals surface area contributed by atoms with Gasteiger partial charge in [-0.05, 0) is 68.8 Å². The predicted molar refractivity (Wildman–Crippen MR) is 99.1 cm³/mol. The van der Waals surface area contributed by atoms with Gasteiger partial charge in [0, 0.05) is 16.3 Å². The molecule has 0 aromatic heterocycles. The number of alkyl halides is 1. The summed E-state index contributed by atoms with van der Waals surface area (Å²) in [7, 11) is 0. The molecule has 5 aliphatic rings. The molecule has 0 radical (unpaired) electrons. The second-order valence-electron chi connectivity index (χ2n) is 9.22. The van der Waals surface area contributed by atoms with Gasteiger partial charge >= 0.3 is 0 Å². The minimum absolute atomic E-state index is 0.0830. The van der Waals surface area contributed by atoms with Crippen molar-refractivity contribution in [2.75, 3.05) is 6.54 Å². The van der Waals surface area contributed by atoms with E-state index in [0.717, 1.165) is 37.6 Å². The van der Waals surface area contributed by atoms with E-state index in [0.29, 0.717) is 5.91 Å². The summed E-state index contributed by atoms with van der Waals surface area (Å²) in [4.78, 5) is 13.2. The molecule has 5 aliphatic carbocycles. The van der Waals surface area contributed by atoms with E-state index in [4.69, 9.17) is 0 Å². The second kappa shape index (κ2) is 5.09. The Morgan fingerprint density at radius 3 is 2.33 bits per heavy atom. The number of benzene rings is 1. The molecule has 6 rings (SSSR count). The monoisotopic (exact) mass is 387 g/mol. The van der Waals surface area contributed by atoms with Crippen LogP contribution in [0, 0.1) is 17.3 Å². The Kier molecular flexibility index (Phi) is 3.27. The molecule has 2 unspecified atom stereocenters. The molecule has 0 spiro atoms. The highest BCUT2D eigenvalue weighted by molar-refractivity contribution is 9.10. The zero-order valence-electron chi connectivity index (χ0n) is 14.2. The summed E-state index contributed by atoms with van der Waals surface area (Å²) < 4.78 is 0.255. The van der Waals surface area contributed by atoms with E-state index in [2.05, 4.69) is 51.6 Å². The standard InChI is InChI=1S/C21H26BrNO/c22-21-11-15-8-16(12-21)10-20(9-15,13-21)18(24)23-14-19(6-7-19)17-4-2-1-3-5-17/h1-5,15-16H,6-14H2,(H,23,24). The van der Waals surface area contributed by atoms with Gasteiger partial charge in [0.15, 0.2) is 0 Å². The quantitative estimate of drug-likeness (QED) is 0.753. The first-order valence-electron chi connectivity index (χ1n) is 9.54. The Hall–Kier alpha value is -0.830. The lowest BCUT2D eigenvalue weighted by Crippen LogP contribution is -2.58. The Balaban J connectivity index is 1.31. The largest absolute Gasteiger partial charge is 0.355 e. The van der Waals surface area contributed by atoms with Crippen molar-refractivity contribution in [1.29, 1.82) is 0 Å². The summed E-state index contributed by atoms with van der Waals surface area (Å²) in [5.41, 5.74) is 1.53. The molecule has 1 aromatic rings. The van der Waals surface area contributed by atoms with Crippen molar-refractivity contribution in [3.05, 3.63) is 35.9 Å². The van der Waals surface area contributed by atoms with Gasteiger partial charge < -0.3 is 5.32 Å². The molecule has 0 heterocycles. The Morgan fingerprint density at radius 2 is 1.75 bits per heavy atom. The van der Waals surface area contributed by atoms with Gasteiger partial charge in [-0.15, -0.1) is 0 Å². The first-order chi connectivity index (χ1) is 11.5. The van der Waals surface area contributed by atoms with Gasteiger partial charge in [-0.2, -0.15) is 0 Å². The first-order valence-corrected chi connectivity index (χ1v) is 10.3. The third-order valence-electron chi connectivity index (χ3n) is 7.30. The van der Waals surface area contributed by atoms with E-state index in [9.17, 15) is 4.79 Å². The average molecular weight is 388 g/mol. The smallest absolute Gasteiger partial charge is 0.226 e. The van der Waals surface area contributed by atoms with Crippen LogP contribution in [0.5, 0.6) is 0 Å². The maximum absolute atomic E-state index is 13.2. The number of hydrogen-bond donors (Lipinski definition) is 1. The molecule has 2 atom stereocenters. The van der Waals surface area contributed by atoms with E-state index < -0.39 is 0 Å². The lowest BCUT2D eigenvalue weighted by molar-refractivity contribution is -0.144. The van der Waals surface area contributed by atoms with Crippen LogP contribution in [-0.4, -0.2) is 16.8 Å². The highest BCUT2D eigenvalue weighted by atomic mass is 79.9. The highest BCUT2D eigenvalue weighted by Crippen LogP contribution is 2.64. The third-order valence-corrected chi connectivity index (χ3v) is 8.23. The van der Waals surface area contributed by atoms with Crippen molar-refractivity contribution in [2.24, 2.45) is 17.3 Å². The number of rotatable bonds is 4. The molecule has 1 N–H and O–H groups in total. The summed E-state index contributed by atoms with van der Waals surface area (Å²) in [6.07, 6.45) is 9.64. The second-order valence-corrected chi connectivity index (χ2v) is 10.9. The van der Waals surface area contributed by atoms with Crippen LogP contribution in [0.25, 0.3) is 0 Å². The average Bonchev–Trinajstić information content (AvgIpc) is 3.32. The van der Waals surface area contributed by atoms with E-state index in [-0.39, 0.29) is 15.2 Å². The fourth-order valence-corrected chi connectivity index (χ4v) is 7.82. The molecule has 128 valence electrons. The number of carbonyl (C=O) groups excluding carboxylic acids is 1. The van der Waals surface area contributed by atoms with Gasteiger partial charge in [0.1, 0.15) is 0 Å². The highest BCUT2D eigenvalue weighted by Gasteiger charge is 2.60.